The average molecular weight is 248 g/mol. The molecule has 1 heterocycles. The Balaban J connectivity index is 2.61. The molecule has 2 aromatic rings. The highest BCUT2D eigenvalue weighted by molar-refractivity contribution is 5.78. The molecule has 18 heavy (non-hydrogen) atoms. The number of hydrogen-bond acceptors (Lipinski definition) is 3. The monoisotopic (exact) mass is 248 g/mol. The van der Waals surface area contributed by atoms with Crippen molar-refractivity contribution in [2.45, 2.75) is 26.4 Å². The molecule has 0 bridgehead atoms. The normalized spacial score (nSPS) is 10.8. The number of esters is 1. The van der Waals surface area contributed by atoms with E-state index in [1.54, 1.807) is 4.57 Å². The van der Waals surface area contributed by atoms with Crippen LogP contribution in [0.25, 0.3) is 11.0 Å². The molecule has 1 aromatic carbocycles. The summed E-state index contributed by atoms with van der Waals surface area (Å²) in [6.07, 6.45) is 0.867. The summed E-state index contributed by atoms with van der Waals surface area (Å²) in [5, 5.41) is 0. The fraction of sp³-hybridized carbons (Fsp3) is 0.385. The van der Waals surface area contributed by atoms with Gasteiger partial charge in [0.1, 0.15) is 6.54 Å². The largest absolute Gasteiger partial charge is 0.468 e. The second-order valence-electron chi connectivity index (χ2n) is 4.09. The molecule has 0 aliphatic heterocycles. The number of ether oxygens (including phenoxy) is 1. The number of carbonyl (C=O) groups excluding carboxylic acids is 1. The number of para-hydroxylation sites is 2. The number of aromatic nitrogens is 2. The highest BCUT2D eigenvalue weighted by atomic mass is 16.5. The number of imidazole rings is 1. The van der Waals surface area contributed by atoms with Crippen molar-refractivity contribution in [3.8, 4) is 0 Å². The first-order chi connectivity index (χ1) is 8.69. The molecule has 0 aliphatic carbocycles. The molecular weight excluding hydrogens is 232 g/mol. The second kappa shape index (κ2) is 5.08. The van der Waals surface area contributed by atoms with Gasteiger partial charge in [-0.3, -0.25) is 13.9 Å². The molecule has 96 valence electrons. The Hall–Kier alpha value is -2.04. The summed E-state index contributed by atoms with van der Waals surface area (Å²) in [6, 6.07) is 7.47. The molecule has 0 unspecified atom stereocenters. The zero-order valence-corrected chi connectivity index (χ0v) is 10.5. The van der Waals surface area contributed by atoms with Gasteiger partial charge in [0.15, 0.2) is 0 Å². The molecule has 0 saturated heterocycles. The lowest BCUT2D eigenvalue weighted by molar-refractivity contribution is -0.141. The van der Waals surface area contributed by atoms with E-state index in [0.29, 0.717) is 6.54 Å². The van der Waals surface area contributed by atoms with E-state index >= 15 is 0 Å². The number of carbonyl (C=O) groups is 1. The number of fused-ring (bicyclic) bond motifs is 1. The van der Waals surface area contributed by atoms with Gasteiger partial charge in [-0.05, 0) is 18.6 Å². The molecule has 2 rings (SSSR count). The van der Waals surface area contributed by atoms with Crippen molar-refractivity contribution in [2.75, 3.05) is 7.11 Å². The van der Waals surface area contributed by atoms with E-state index in [1.807, 2.05) is 31.2 Å². The van der Waals surface area contributed by atoms with Crippen molar-refractivity contribution >= 4 is 17.0 Å². The Morgan fingerprint density at radius 3 is 2.39 bits per heavy atom. The summed E-state index contributed by atoms with van der Waals surface area (Å²) in [5.41, 5.74) is 1.46. The van der Waals surface area contributed by atoms with E-state index < -0.39 is 5.97 Å². The number of aryl methyl sites for hydroxylation is 1. The molecule has 0 aliphatic rings. The van der Waals surface area contributed by atoms with Gasteiger partial charge >= 0.3 is 11.7 Å². The minimum Gasteiger partial charge on any atom is -0.468 e. The van der Waals surface area contributed by atoms with Crippen LogP contribution in [-0.2, 0) is 22.6 Å². The summed E-state index contributed by atoms with van der Waals surface area (Å²) >= 11 is 0. The molecule has 0 fully saturated rings. The standard InChI is InChI=1S/C13H16N2O3/c1-3-8-14-10-6-4-5-7-11(10)15(13(14)17)9-12(16)18-2/h4-7H,3,8-9H2,1-2H3. The number of methoxy groups -OCH3 is 1. The van der Waals surface area contributed by atoms with Gasteiger partial charge in [-0.1, -0.05) is 19.1 Å². The first-order valence-electron chi connectivity index (χ1n) is 5.94. The Kier molecular flexibility index (Phi) is 3.50. The van der Waals surface area contributed by atoms with Crippen LogP contribution in [0.4, 0.5) is 0 Å². The van der Waals surface area contributed by atoms with Gasteiger partial charge < -0.3 is 4.74 Å². The Labute approximate surface area is 105 Å². The minimum atomic E-state index is -0.420. The highest BCUT2D eigenvalue weighted by Crippen LogP contribution is 2.13. The molecule has 0 saturated carbocycles. The molecular formula is C13H16N2O3. The summed E-state index contributed by atoms with van der Waals surface area (Å²) < 4.78 is 7.77. The smallest absolute Gasteiger partial charge is 0.329 e. The van der Waals surface area contributed by atoms with Crippen LogP contribution in [0, 0.1) is 0 Å². The van der Waals surface area contributed by atoms with E-state index in [4.69, 9.17) is 0 Å². The predicted molar refractivity (Wildman–Crippen MR) is 68.5 cm³/mol. The second-order valence-corrected chi connectivity index (χ2v) is 4.09. The van der Waals surface area contributed by atoms with E-state index in [9.17, 15) is 9.59 Å². The average Bonchev–Trinajstić information content (AvgIpc) is 2.65. The summed E-state index contributed by atoms with van der Waals surface area (Å²) in [4.78, 5) is 23.6. The number of hydrogen-bond donors (Lipinski definition) is 0. The summed E-state index contributed by atoms with van der Waals surface area (Å²) in [5.74, 6) is -0.420. The number of rotatable bonds is 4. The molecule has 1 aromatic heterocycles. The molecule has 0 spiro atoms. The van der Waals surface area contributed by atoms with E-state index in [2.05, 4.69) is 4.74 Å². The lowest BCUT2D eigenvalue weighted by Gasteiger charge is -2.00. The van der Waals surface area contributed by atoms with Crippen LogP contribution in [0.5, 0.6) is 0 Å². The van der Waals surface area contributed by atoms with E-state index in [-0.39, 0.29) is 12.2 Å². The van der Waals surface area contributed by atoms with E-state index in [0.717, 1.165) is 17.5 Å². The van der Waals surface area contributed by atoms with Gasteiger partial charge in [0.2, 0.25) is 0 Å². The zero-order valence-electron chi connectivity index (χ0n) is 10.5. The van der Waals surface area contributed by atoms with Crippen molar-refractivity contribution in [3.05, 3.63) is 34.7 Å². The quantitative estimate of drug-likeness (QED) is 0.768. The van der Waals surface area contributed by atoms with Crippen LogP contribution in [0.2, 0.25) is 0 Å². The van der Waals surface area contributed by atoms with Crippen molar-refractivity contribution in [1.82, 2.24) is 9.13 Å². The summed E-state index contributed by atoms with van der Waals surface area (Å²) in [7, 11) is 1.32. The van der Waals surface area contributed by atoms with Crippen molar-refractivity contribution in [1.29, 1.82) is 0 Å². The third kappa shape index (κ3) is 2.03. The molecule has 0 atom stereocenters. The predicted octanol–water partition coefficient (Wildman–Crippen LogP) is 1.39. The fourth-order valence-electron chi connectivity index (χ4n) is 2.06. The van der Waals surface area contributed by atoms with Crippen molar-refractivity contribution in [3.63, 3.8) is 0 Å². The highest BCUT2D eigenvalue weighted by Gasteiger charge is 2.14. The Bertz CT molecular complexity index is 625. The van der Waals surface area contributed by atoms with Crippen LogP contribution < -0.4 is 5.69 Å². The fourth-order valence-corrected chi connectivity index (χ4v) is 2.06. The van der Waals surface area contributed by atoms with Gasteiger partial charge in [-0.25, -0.2) is 4.79 Å². The van der Waals surface area contributed by atoms with Crippen molar-refractivity contribution in [2.24, 2.45) is 0 Å². The van der Waals surface area contributed by atoms with Gasteiger partial charge in [0.05, 0.1) is 18.1 Å². The lowest BCUT2D eigenvalue weighted by Crippen LogP contribution is -2.27. The minimum absolute atomic E-state index is 0.0490. The van der Waals surface area contributed by atoms with Crippen LogP contribution in [0.15, 0.2) is 29.1 Å². The maximum absolute atomic E-state index is 12.2. The molecule has 0 radical (unpaired) electrons. The summed E-state index contributed by atoms with van der Waals surface area (Å²) in [6.45, 7) is 2.61. The maximum atomic E-state index is 12.2. The van der Waals surface area contributed by atoms with Crippen LogP contribution in [0.3, 0.4) is 0 Å². The maximum Gasteiger partial charge on any atom is 0.329 e. The lowest BCUT2D eigenvalue weighted by atomic mass is 10.3. The van der Waals surface area contributed by atoms with Gasteiger partial charge in [-0.15, -0.1) is 0 Å². The molecule has 0 amide bonds. The third-order valence-electron chi connectivity index (χ3n) is 2.89. The van der Waals surface area contributed by atoms with Crippen LogP contribution >= 0.6 is 0 Å². The molecule has 0 N–H and O–H groups in total. The van der Waals surface area contributed by atoms with Crippen LogP contribution in [-0.4, -0.2) is 22.2 Å². The van der Waals surface area contributed by atoms with E-state index in [1.165, 1.54) is 11.7 Å². The number of nitrogens with zero attached hydrogens (tertiary/aromatic N) is 2. The first kappa shape index (κ1) is 12.4. The van der Waals surface area contributed by atoms with Crippen LogP contribution in [0.1, 0.15) is 13.3 Å². The van der Waals surface area contributed by atoms with Crippen molar-refractivity contribution < 1.29 is 9.53 Å². The zero-order chi connectivity index (χ0) is 13.1. The van der Waals surface area contributed by atoms with Gasteiger partial charge in [0, 0.05) is 6.54 Å². The Morgan fingerprint density at radius 2 is 1.83 bits per heavy atom. The van der Waals surface area contributed by atoms with Gasteiger partial charge in [0.25, 0.3) is 0 Å². The SMILES string of the molecule is CCCn1c(=O)n(CC(=O)OC)c2ccccc21. The molecule has 5 nitrogen and oxygen atoms in total. The third-order valence-corrected chi connectivity index (χ3v) is 2.89. The topological polar surface area (TPSA) is 53.2 Å². The number of benzene rings is 1. The van der Waals surface area contributed by atoms with Gasteiger partial charge in [-0.2, -0.15) is 0 Å². The molecule has 5 heteroatoms. The first-order valence-corrected chi connectivity index (χ1v) is 5.94. The Morgan fingerprint density at radius 1 is 1.22 bits per heavy atom.